The molecule has 7 nitrogen and oxygen atoms in total. The van der Waals surface area contributed by atoms with E-state index in [1.54, 1.807) is 0 Å². The van der Waals surface area contributed by atoms with Gasteiger partial charge in [-0.15, -0.1) is 22.7 Å². The number of aryl methyl sites for hydroxylation is 4. The number of carbonyl (C=O) groups excluding carboxylic acids is 2. The smallest absolute Gasteiger partial charge is 0.252 e. The highest BCUT2D eigenvalue weighted by Crippen LogP contribution is 2.31. The molecule has 39 heavy (non-hydrogen) atoms. The number of amides is 2. The van der Waals surface area contributed by atoms with Crippen LogP contribution in [0.15, 0.2) is 47.2 Å². The van der Waals surface area contributed by atoms with E-state index in [2.05, 4.69) is 57.0 Å². The van der Waals surface area contributed by atoms with Crippen molar-refractivity contribution in [3.63, 3.8) is 0 Å². The van der Waals surface area contributed by atoms with E-state index in [0.29, 0.717) is 10.3 Å². The van der Waals surface area contributed by atoms with Crippen molar-refractivity contribution in [3.8, 4) is 22.5 Å². The molecule has 0 fully saturated rings. The fourth-order valence-electron chi connectivity index (χ4n) is 5.26. The first-order valence-corrected chi connectivity index (χ1v) is 15.2. The Kier molecular flexibility index (Phi) is 7.81. The average Bonchev–Trinajstić information content (AvgIpc) is 3.62. The molecular formula is C30H30N4O3S2. The summed E-state index contributed by atoms with van der Waals surface area (Å²) in [5.74, 6) is -0.698. The van der Waals surface area contributed by atoms with Gasteiger partial charge >= 0.3 is 0 Å². The number of fused-ring (bicyclic) bond motifs is 2. The van der Waals surface area contributed by atoms with Crippen molar-refractivity contribution in [1.29, 1.82) is 0 Å². The summed E-state index contributed by atoms with van der Waals surface area (Å²) in [4.78, 5) is 33.8. The minimum atomic E-state index is -0.349. The zero-order valence-corrected chi connectivity index (χ0v) is 23.3. The molecule has 2 heterocycles. The largest absolute Gasteiger partial charge is 0.362 e. The normalized spacial score (nSPS) is 14.4. The van der Waals surface area contributed by atoms with Gasteiger partial charge in [0.1, 0.15) is 13.2 Å². The lowest BCUT2D eigenvalue weighted by atomic mass is 9.90. The molecule has 2 aromatic carbocycles. The van der Waals surface area contributed by atoms with Gasteiger partial charge in [0.25, 0.3) is 11.8 Å². The Morgan fingerprint density at radius 1 is 0.667 bits per heavy atom. The SMILES string of the molecule is O=C(COCC(=O)Nc1nc(-c2ccc3c(c2)CCCC3)cs1)Nc1nc(-c2ccc3c(c2)CCCC3)cs1. The molecule has 0 aliphatic heterocycles. The Morgan fingerprint density at radius 3 is 1.56 bits per heavy atom. The van der Waals surface area contributed by atoms with E-state index in [1.165, 1.54) is 70.6 Å². The molecule has 0 saturated heterocycles. The first-order valence-electron chi connectivity index (χ1n) is 13.4. The van der Waals surface area contributed by atoms with Gasteiger partial charge < -0.3 is 4.74 Å². The number of hydrogen-bond donors (Lipinski definition) is 2. The number of benzene rings is 2. The monoisotopic (exact) mass is 558 g/mol. The minimum Gasteiger partial charge on any atom is -0.362 e. The summed E-state index contributed by atoms with van der Waals surface area (Å²) in [5, 5.41) is 10.4. The molecule has 0 spiro atoms. The van der Waals surface area contributed by atoms with Gasteiger partial charge in [-0.1, -0.05) is 24.3 Å². The van der Waals surface area contributed by atoms with Crippen molar-refractivity contribution >= 4 is 44.8 Å². The fourth-order valence-corrected chi connectivity index (χ4v) is 6.73. The molecule has 6 rings (SSSR count). The van der Waals surface area contributed by atoms with Crippen LogP contribution in [-0.4, -0.2) is 35.0 Å². The van der Waals surface area contributed by atoms with E-state index < -0.39 is 0 Å². The molecule has 0 bridgehead atoms. The maximum absolute atomic E-state index is 12.3. The number of carbonyl (C=O) groups is 2. The van der Waals surface area contributed by atoms with Gasteiger partial charge in [0.05, 0.1) is 11.4 Å². The van der Waals surface area contributed by atoms with E-state index >= 15 is 0 Å². The molecule has 9 heteroatoms. The van der Waals surface area contributed by atoms with Gasteiger partial charge in [0.15, 0.2) is 10.3 Å². The lowest BCUT2D eigenvalue weighted by Gasteiger charge is -2.16. The Labute approximate surface area is 235 Å². The third-order valence-corrected chi connectivity index (χ3v) is 8.77. The van der Waals surface area contributed by atoms with Crippen LogP contribution >= 0.6 is 22.7 Å². The number of nitrogens with one attached hydrogen (secondary N) is 2. The molecule has 2 aliphatic rings. The quantitative estimate of drug-likeness (QED) is 0.265. The van der Waals surface area contributed by atoms with Crippen LogP contribution in [0.2, 0.25) is 0 Å². The summed E-state index contributed by atoms with van der Waals surface area (Å²) in [6, 6.07) is 13.0. The standard InChI is InChI=1S/C30H30N4O3S2/c35-27(33-29-31-25(17-38-29)23-11-9-19-5-1-3-7-21(19)13-23)15-37-16-28(36)34-30-32-26(18-39-30)24-12-10-20-6-2-4-8-22(20)14-24/h9-14,17-18H,1-8,15-16H2,(H,31,33,35)(H,32,34,36). The zero-order chi connectivity index (χ0) is 26.6. The van der Waals surface area contributed by atoms with E-state index in [9.17, 15) is 9.59 Å². The first-order chi connectivity index (χ1) is 19.1. The molecule has 0 unspecified atom stereocenters. The van der Waals surface area contributed by atoms with E-state index in [-0.39, 0.29) is 25.0 Å². The van der Waals surface area contributed by atoms with Crippen LogP contribution in [0.5, 0.6) is 0 Å². The number of ether oxygens (including phenoxy) is 1. The Balaban J connectivity index is 0.963. The topological polar surface area (TPSA) is 93.2 Å². The highest BCUT2D eigenvalue weighted by atomic mass is 32.1. The van der Waals surface area contributed by atoms with Crippen molar-refractivity contribution < 1.29 is 14.3 Å². The molecule has 2 aromatic heterocycles. The molecule has 4 aromatic rings. The van der Waals surface area contributed by atoms with Crippen LogP contribution in [0, 0.1) is 0 Å². The number of aromatic nitrogens is 2. The second-order valence-corrected chi connectivity index (χ2v) is 11.8. The van der Waals surface area contributed by atoms with Crippen molar-refractivity contribution in [3.05, 3.63) is 69.4 Å². The number of thiazole rings is 2. The highest BCUT2D eigenvalue weighted by molar-refractivity contribution is 7.14. The summed E-state index contributed by atoms with van der Waals surface area (Å²) < 4.78 is 5.34. The molecule has 0 atom stereocenters. The number of anilines is 2. The molecule has 0 radical (unpaired) electrons. The molecule has 200 valence electrons. The van der Waals surface area contributed by atoms with Crippen LogP contribution < -0.4 is 10.6 Å². The van der Waals surface area contributed by atoms with Crippen LogP contribution in [-0.2, 0) is 40.0 Å². The van der Waals surface area contributed by atoms with E-state index in [1.807, 2.05) is 10.8 Å². The predicted molar refractivity (Wildman–Crippen MR) is 156 cm³/mol. The Bertz CT molecular complexity index is 1400. The molecule has 0 saturated carbocycles. The van der Waals surface area contributed by atoms with Gasteiger partial charge in [0.2, 0.25) is 0 Å². The number of rotatable bonds is 8. The van der Waals surface area contributed by atoms with Crippen molar-refractivity contribution in [2.24, 2.45) is 0 Å². The second-order valence-electron chi connectivity index (χ2n) is 10.0. The van der Waals surface area contributed by atoms with Gasteiger partial charge in [-0.3, -0.25) is 20.2 Å². The maximum Gasteiger partial charge on any atom is 0.252 e. The van der Waals surface area contributed by atoms with Crippen LogP contribution in [0.4, 0.5) is 10.3 Å². The number of hydrogen-bond acceptors (Lipinski definition) is 7. The van der Waals surface area contributed by atoms with Crippen LogP contribution in [0.1, 0.15) is 47.9 Å². The maximum atomic E-state index is 12.3. The van der Waals surface area contributed by atoms with Gasteiger partial charge in [-0.05, 0) is 85.8 Å². The second kappa shape index (κ2) is 11.8. The lowest BCUT2D eigenvalue weighted by Crippen LogP contribution is -2.23. The first kappa shape index (κ1) is 25.9. The van der Waals surface area contributed by atoms with Gasteiger partial charge in [-0.2, -0.15) is 0 Å². The summed E-state index contributed by atoms with van der Waals surface area (Å²) in [5.41, 5.74) is 9.49. The Morgan fingerprint density at radius 2 is 1.10 bits per heavy atom. The third kappa shape index (κ3) is 6.27. The summed E-state index contributed by atoms with van der Waals surface area (Å²) in [7, 11) is 0. The molecular weight excluding hydrogens is 528 g/mol. The van der Waals surface area contributed by atoms with E-state index in [0.717, 1.165) is 48.2 Å². The van der Waals surface area contributed by atoms with Crippen molar-refractivity contribution in [2.45, 2.75) is 51.4 Å². The fraction of sp³-hybridized carbons (Fsp3) is 0.333. The summed E-state index contributed by atoms with van der Waals surface area (Å²) in [6.07, 6.45) is 9.48. The van der Waals surface area contributed by atoms with Gasteiger partial charge in [-0.25, -0.2) is 9.97 Å². The van der Waals surface area contributed by atoms with Crippen LogP contribution in [0.3, 0.4) is 0 Å². The Hall–Kier alpha value is -3.40. The summed E-state index contributed by atoms with van der Waals surface area (Å²) >= 11 is 2.75. The van der Waals surface area contributed by atoms with Crippen LogP contribution in [0.25, 0.3) is 22.5 Å². The van der Waals surface area contributed by atoms with Crippen molar-refractivity contribution in [2.75, 3.05) is 23.8 Å². The number of nitrogens with zero attached hydrogens (tertiary/aromatic N) is 2. The zero-order valence-electron chi connectivity index (χ0n) is 21.6. The average molecular weight is 559 g/mol. The molecule has 2 aliphatic carbocycles. The highest BCUT2D eigenvalue weighted by Gasteiger charge is 2.15. The predicted octanol–water partition coefficient (Wildman–Crippen LogP) is 6.29. The van der Waals surface area contributed by atoms with E-state index in [4.69, 9.17) is 4.74 Å². The summed E-state index contributed by atoms with van der Waals surface area (Å²) in [6.45, 7) is -0.473. The lowest BCUT2D eigenvalue weighted by molar-refractivity contribution is -0.125. The molecule has 2 N–H and O–H groups in total. The van der Waals surface area contributed by atoms with Crippen molar-refractivity contribution in [1.82, 2.24) is 9.97 Å². The third-order valence-electron chi connectivity index (χ3n) is 7.26. The minimum absolute atomic E-state index is 0.237. The van der Waals surface area contributed by atoms with Gasteiger partial charge in [0, 0.05) is 21.9 Å². The molecule has 2 amide bonds.